The second-order valence-corrected chi connectivity index (χ2v) is 6.39. The van der Waals surface area contributed by atoms with Gasteiger partial charge in [0.2, 0.25) is 0 Å². The molecule has 6 heteroatoms. The van der Waals surface area contributed by atoms with Gasteiger partial charge in [-0.3, -0.25) is 4.40 Å². The molecule has 3 rings (SSSR count). The Labute approximate surface area is 121 Å². The van der Waals surface area contributed by atoms with Crippen LogP contribution in [0.3, 0.4) is 0 Å². The van der Waals surface area contributed by atoms with Crippen molar-refractivity contribution in [2.24, 2.45) is 0 Å². The van der Waals surface area contributed by atoms with Crippen LogP contribution in [0.1, 0.15) is 25.5 Å². The maximum absolute atomic E-state index is 6.12. The van der Waals surface area contributed by atoms with E-state index in [2.05, 4.69) is 16.2 Å². The Morgan fingerprint density at radius 3 is 3.16 bits per heavy atom. The van der Waals surface area contributed by atoms with E-state index in [1.54, 1.807) is 18.4 Å². The number of thiazole rings is 1. The van der Waals surface area contributed by atoms with Crippen LogP contribution in [0.15, 0.2) is 11.6 Å². The van der Waals surface area contributed by atoms with Crippen molar-refractivity contribution in [3.63, 3.8) is 0 Å². The highest BCUT2D eigenvalue weighted by atomic mass is 35.5. The molecule has 1 fully saturated rings. The fourth-order valence-electron chi connectivity index (χ4n) is 2.75. The zero-order valence-corrected chi connectivity index (χ0v) is 12.8. The van der Waals surface area contributed by atoms with Crippen LogP contribution >= 0.6 is 22.9 Å². The molecule has 0 aliphatic carbocycles. The van der Waals surface area contributed by atoms with Gasteiger partial charge in [0.25, 0.3) is 0 Å². The molecule has 1 aliphatic heterocycles. The Balaban J connectivity index is 1.97. The molecule has 3 heterocycles. The van der Waals surface area contributed by atoms with Gasteiger partial charge in [0.15, 0.2) is 10.8 Å². The van der Waals surface area contributed by atoms with Crippen LogP contribution in [0.4, 0.5) is 5.82 Å². The van der Waals surface area contributed by atoms with E-state index in [0.29, 0.717) is 5.88 Å². The molecular weight excluding hydrogens is 282 g/mol. The van der Waals surface area contributed by atoms with E-state index >= 15 is 0 Å². The van der Waals surface area contributed by atoms with Crippen molar-refractivity contribution >= 4 is 33.7 Å². The molecule has 0 radical (unpaired) electrons. The summed E-state index contributed by atoms with van der Waals surface area (Å²) in [6, 6.07) is 0. The first-order chi connectivity index (χ1) is 9.17. The van der Waals surface area contributed by atoms with Gasteiger partial charge in [-0.1, -0.05) is 0 Å². The topological polar surface area (TPSA) is 29.8 Å². The number of hydrogen-bond acceptors (Lipinski definition) is 4. The summed E-state index contributed by atoms with van der Waals surface area (Å²) < 4.78 is 7.74. The number of rotatable bonds is 3. The van der Waals surface area contributed by atoms with Gasteiger partial charge in [-0.2, -0.15) is 0 Å². The lowest BCUT2D eigenvalue weighted by Crippen LogP contribution is -2.47. The number of hydrogen-bond donors (Lipinski definition) is 0. The third-order valence-electron chi connectivity index (χ3n) is 3.92. The summed E-state index contributed by atoms with van der Waals surface area (Å²) in [7, 11) is 1.79. The number of nitrogens with zero attached hydrogens (tertiary/aromatic N) is 3. The maximum atomic E-state index is 6.12. The van der Waals surface area contributed by atoms with Crippen LogP contribution in [0.25, 0.3) is 4.96 Å². The number of methoxy groups -OCH3 is 1. The average molecular weight is 300 g/mol. The Kier molecular flexibility index (Phi) is 3.45. The molecule has 1 saturated heterocycles. The number of piperidine rings is 1. The zero-order chi connectivity index (χ0) is 13.5. The van der Waals surface area contributed by atoms with Gasteiger partial charge in [0.05, 0.1) is 17.2 Å². The molecule has 0 spiro atoms. The molecule has 4 nitrogen and oxygen atoms in total. The van der Waals surface area contributed by atoms with Gasteiger partial charge in [0, 0.05) is 31.8 Å². The number of fused-ring (bicyclic) bond motifs is 1. The molecule has 0 amide bonds. The summed E-state index contributed by atoms with van der Waals surface area (Å²) >= 11 is 7.76. The van der Waals surface area contributed by atoms with Crippen LogP contribution in [0, 0.1) is 0 Å². The van der Waals surface area contributed by atoms with Crippen molar-refractivity contribution in [3.05, 3.63) is 17.3 Å². The van der Waals surface area contributed by atoms with E-state index in [0.717, 1.165) is 42.4 Å². The largest absolute Gasteiger partial charge is 0.377 e. The van der Waals surface area contributed by atoms with Crippen molar-refractivity contribution in [2.45, 2.75) is 31.2 Å². The number of halogens is 1. The Bertz CT molecular complexity index is 581. The standard InChI is InChI=1S/C13H18ClN3OS/c1-13(18-2)4-3-5-16(9-13)11-10(8-14)17-6-7-19-12(17)15-11/h6-7H,3-5,8-9H2,1-2H3. The first-order valence-electron chi connectivity index (χ1n) is 6.47. The molecule has 0 N–H and O–H groups in total. The minimum atomic E-state index is -0.0844. The highest BCUT2D eigenvalue weighted by Crippen LogP contribution is 2.31. The summed E-state index contributed by atoms with van der Waals surface area (Å²) in [4.78, 5) is 8.05. The van der Waals surface area contributed by atoms with Crippen molar-refractivity contribution in [1.82, 2.24) is 9.38 Å². The van der Waals surface area contributed by atoms with Crippen molar-refractivity contribution in [1.29, 1.82) is 0 Å². The Morgan fingerprint density at radius 1 is 1.58 bits per heavy atom. The van der Waals surface area contributed by atoms with Crippen LogP contribution in [0.5, 0.6) is 0 Å². The first kappa shape index (κ1) is 13.2. The van der Waals surface area contributed by atoms with Crippen LogP contribution in [0.2, 0.25) is 0 Å². The number of alkyl halides is 1. The quantitative estimate of drug-likeness (QED) is 0.816. The zero-order valence-electron chi connectivity index (χ0n) is 11.2. The molecule has 1 unspecified atom stereocenters. The Morgan fingerprint density at radius 2 is 2.42 bits per heavy atom. The number of ether oxygens (including phenoxy) is 1. The molecule has 0 aromatic carbocycles. The predicted octanol–water partition coefficient (Wildman–Crippen LogP) is 3.14. The normalized spacial score (nSPS) is 24.3. The number of anilines is 1. The SMILES string of the molecule is COC1(C)CCCN(c2nc3sccn3c2CCl)C1. The van der Waals surface area contributed by atoms with Crippen LogP contribution in [-0.4, -0.2) is 35.2 Å². The minimum Gasteiger partial charge on any atom is -0.377 e. The third-order valence-corrected chi connectivity index (χ3v) is 4.93. The summed E-state index contributed by atoms with van der Waals surface area (Å²) in [6.07, 6.45) is 4.25. The van der Waals surface area contributed by atoms with Gasteiger partial charge in [0.1, 0.15) is 0 Å². The van der Waals surface area contributed by atoms with Crippen LogP contribution in [-0.2, 0) is 10.6 Å². The molecular formula is C13H18ClN3OS. The van der Waals surface area contributed by atoms with Gasteiger partial charge in [-0.25, -0.2) is 4.98 Å². The number of imidazole rings is 1. The van der Waals surface area contributed by atoms with E-state index in [9.17, 15) is 0 Å². The average Bonchev–Trinajstić information content (AvgIpc) is 2.98. The molecule has 0 saturated carbocycles. The first-order valence-corrected chi connectivity index (χ1v) is 7.89. The highest BCUT2D eigenvalue weighted by Gasteiger charge is 2.33. The fourth-order valence-corrected chi connectivity index (χ4v) is 3.73. The van der Waals surface area contributed by atoms with E-state index in [-0.39, 0.29) is 5.60 Å². The van der Waals surface area contributed by atoms with Gasteiger partial charge in [-0.05, 0) is 19.8 Å². The van der Waals surface area contributed by atoms with Crippen molar-refractivity contribution in [3.8, 4) is 0 Å². The van der Waals surface area contributed by atoms with Crippen LogP contribution < -0.4 is 4.90 Å². The van der Waals surface area contributed by atoms with Gasteiger partial charge in [-0.15, -0.1) is 22.9 Å². The monoisotopic (exact) mass is 299 g/mol. The van der Waals surface area contributed by atoms with E-state index in [1.165, 1.54) is 0 Å². The van der Waals surface area contributed by atoms with Gasteiger partial charge >= 0.3 is 0 Å². The third kappa shape index (κ3) is 2.24. The van der Waals surface area contributed by atoms with E-state index in [1.807, 2.05) is 11.6 Å². The van der Waals surface area contributed by atoms with Crippen molar-refractivity contribution in [2.75, 3.05) is 25.1 Å². The number of aromatic nitrogens is 2. The molecule has 0 bridgehead atoms. The minimum absolute atomic E-state index is 0.0844. The molecule has 19 heavy (non-hydrogen) atoms. The summed E-state index contributed by atoms with van der Waals surface area (Å²) in [6.45, 7) is 4.06. The lowest BCUT2D eigenvalue weighted by Gasteiger charge is -2.40. The smallest absolute Gasteiger partial charge is 0.195 e. The fraction of sp³-hybridized carbons (Fsp3) is 0.615. The van der Waals surface area contributed by atoms with Crippen molar-refractivity contribution < 1.29 is 4.74 Å². The summed E-state index contributed by atoms with van der Waals surface area (Å²) in [5, 5.41) is 2.04. The Hall–Kier alpha value is -0.780. The van der Waals surface area contributed by atoms with E-state index in [4.69, 9.17) is 21.3 Å². The lowest BCUT2D eigenvalue weighted by atomic mass is 9.95. The molecule has 104 valence electrons. The molecule has 2 aromatic heterocycles. The lowest BCUT2D eigenvalue weighted by molar-refractivity contribution is -0.00482. The molecule has 1 aliphatic rings. The van der Waals surface area contributed by atoms with E-state index < -0.39 is 0 Å². The highest BCUT2D eigenvalue weighted by molar-refractivity contribution is 7.15. The molecule has 1 atom stereocenters. The second kappa shape index (κ2) is 4.96. The summed E-state index contributed by atoms with van der Waals surface area (Å²) in [5.74, 6) is 1.50. The summed E-state index contributed by atoms with van der Waals surface area (Å²) in [5.41, 5.74) is 0.997. The van der Waals surface area contributed by atoms with Gasteiger partial charge < -0.3 is 9.64 Å². The predicted molar refractivity (Wildman–Crippen MR) is 79.5 cm³/mol. The maximum Gasteiger partial charge on any atom is 0.195 e. The molecule has 2 aromatic rings. The second-order valence-electron chi connectivity index (χ2n) is 5.25.